The lowest BCUT2D eigenvalue weighted by atomic mass is 10.2. The lowest BCUT2D eigenvalue weighted by Crippen LogP contribution is -2.19. The van der Waals surface area contributed by atoms with E-state index < -0.39 is 5.51 Å². The summed E-state index contributed by atoms with van der Waals surface area (Å²) < 4.78 is 36.6. The van der Waals surface area contributed by atoms with Crippen LogP contribution in [0.5, 0.6) is 0 Å². The maximum Gasteiger partial charge on any atom is 0.446 e. The summed E-state index contributed by atoms with van der Waals surface area (Å²) >= 11 is -0.172. The number of hydrogen-bond acceptors (Lipinski definition) is 2. The van der Waals surface area contributed by atoms with Crippen molar-refractivity contribution in [3.63, 3.8) is 0 Å². The van der Waals surface area contributed by atoms with Gasteiger partial charge in [0, 0.05) is 18.4 Å². The molecule has 0 radical (unpaired) electrons. The highest BCUT2D eigenvalue weighted by molar-refractivity contribution is 8.00. The molecule has 2 nitrogen and oxygen atoms in total. The average Bonchev–Trinajstić information content (AvgIpc) is 2.14. The molecular formula is C10H10F3NOS. The van der Waals surface area contributed by atoms with Gasteiger partial charge in [-0.1, -0.05) is 18.2 Å². The van der Waals surface area contributed by atoms with Crippen LogP contribution >= 0.6 is 11.8 Å². The molecule has 1 amide bonds. The molecule has 0 aliphatic carbocycles. The van der Waals surface area contributed by atoms with Gasteiger partial charge in [0.15, 0.2) is 0 Å². The molecule has 16 heavy (non-hydrogen) atoms. The van der Waals surface area contributed by atoms with E-state index in [2.05, 4.69) is 5.32 Å². The lowest BCUT2D eigenvalue weighted by Gasteiger charge is -2.10. The smallest absolute Gasteiger partial charge is 0.352 e. The molecule has 0 saturated heterocycles. The number of nitrogens with one attached hydrogen (secondary N) is 1. The zero-order valence-electron chi connectivity index (χ0n) is 8.47. The minimum atomic E-state index is -4.31. The van der Waals surface area contributed by atoms with Gasteiger partial charge in [-0.3, -0.25) is 4.79 Å². The number of carbonyl (C=O) groups is 1. The van der Waals surface area contributed by atoms with Gasteiger partial charge in [-0.2, -0.15) is 13.2 Å². The van der Waals surface area contributed by atoms with Gasteiger partial charge in [-0.25, -0.2) is 0 Å². The molecule has 0 aromatic heterocycles. The Morgan fingerprint density at radius 2 is 2.00 bits per heavy atom. The third kappa shape index (κ3) is 4.57. The molecule has 0 unspecified atom stereocenters. The molecule has 1 aromatic rings. The van der Waals surface area contributed by atoms with Crippen molar-refractivity contribution < 1.29 is 18.0 Å². The van der Waals surface area contributed by atoms with Gasteiger partial charge in [0.05, 0.1) is 0 Å². The number of carbonyl (C=O) groups excluding carboxylic acids is 1. The highest BCUT2D eigenvalue weighted by Gasteiger charge is 2.30. The Balaban J connectivity index is 2.79. The van der Waals surface area contributed by atoms with Gasteiger partial charge in [-0.05, 0) is 23.4 Å². The SMILES string of the molecule is CC(=O)NCc1ccccc1SC(F)(F)F. The summed E-state index contributed by atoms with van der Waals surface area (Å²) in [7, 11) is 0. The quantitative estimate of drug-likeness (QED) is 0.834. The van der Waals surface area contributed by atoms with Crippen LogP contribution in [0.2, 0.25) is 0 Å². The Bertz CT molecular complexity index is 379. The van der Waals surface area contributed by atoms with Crippen molar-refractivity contribution >= 4 is 17.7 Å². The molecule has 0 aliphatic rings. The normalized spacial score (nSPS) is 11.2. The first-order valence-corrected chi connectivity index (χ1v) is 5.28. The largest absolute Gasteiger partial charge is 0.446 e. The second-order valence-electron chi connectivity index (χ2n) is 3.07. The molecule has 1 N–H and O–H groups in total. The third-order valence-electron chi connectivity index (χ3n) is 1.73. The number of hydrogen-bond donors (Lipinski definition) is 1. The minimum Gasteiger partial charge on any atom is -0.352 e. The number of rotatable bonds is 3. The number of amides is 1. The summed E-state index contributed by atoms with van der Waals surface area (Å²) in [5.41, 5.74) is -3.85. The standard InChI is InChI=1S/C10H10F3NOS/c1-7(15)14-6-8-4-2-3-5-9(8)16-10(11,12)13/h2-5H,6H2,1H3,(H,14,15). The van der Waals surface area contributed by atoms with Gasteiger partial charge in [-0.15, -0.1) is 0 Å². The van der Waals surface area contributed by atoms with Crippen molar-refractivity contribution in [1.29, 1.82) is 0 Å². The Morgan fingerprint density at radius 3 is 2.56 bits per heavy atom. The van der Waals surface area contributed by atoms with Crippen LogP contribution in [0.3, 0.4) is 0 Å². The molecule has 0 fully saturated rings. The Morgan fingerprint density at radius 1 is 1.38 bits per heavy atom. The van der Waals surface area contributed by atoms with Gasteiger partial charge < -0.3 is 5.32 Å². The molecular weight excluding hydrogens is 239 g/mol. The molecule has 0 bridgehead atoms. The van der Waals surface area contributed by atoms with Crippen LogP contribution in [0.1, 0.15) is 12.5 Å². The first kappa shape index (κ1) is 12.9. The zero-order chi connectivity index (χ0) is 12.2. The van der Waals surface area contributed by atoms with Crippen LogP contribution in [-0.2, 0) is 11.3 Å². The van der Waals surface area contributed by atoms with Gasteiger partial charge in [0.2, 0.25) is 5.91 Å². The van der Waals surface area contributed by atoms with Gasteiger partial charge >= 0.3 is 5.51 Å². The number of thioether (sulfide) groups is 1. The van der Waals surface area contributed by atoms with Gasteiger partial charge in [0.1, 0.15) is 0 Å². The average molecular weight is 249 g/mol. The molecule has 1 rings (SSSR count). The number of alkyl halides is 3. The molecule has 88 valence electrons. The minimum absolute atomic E-state index is 0.106. The molecule has 0 atom stereocenters. The van der Waals surface area contributed by atoms with E-state index in [9.17, 15) is 18.0 Å². The summed E-state index contributed by atoms with van der Waals surface area (Å²) in [6.07, 6.45) is 0. The van der Waals surface area contributed by atoms with E-state index in [-0.39, 0.29) is 29.1 Å². The maximum atomic E-state index is 12.2. The van der Waals surface area contributed by atoms with Crippen LogP contribution in [0.25, 0.3) is 0 Å². The van der Waals surface area contributed by atoms with Crippen LogP contribution < -0.4 is 5.32 Å². The molecule has 1 aromatic carbocycles. The highest BCUT2D eigenvalue weighted by Crippen LogP contribution is 2.38. The lowest BCUT2D eigenvalue weighted by molar-refractivity contribution is -0.119. The fourth-order valence-corrected chi connectivity index (χ4v) is 1.76. The van der Waals surface area contributed by atoms with Crippen molar-refractivity contribution in [3.8, 4) is 0 Å². The van der Waals surface area contributed by atoms with Crippen molar-refractivity contribution in [2.75, 3.05) is 0 Å². The molecule has 0 spiro atoms. The second kappa shape index (κ2) is 5.25. The van der Waals surface area contributed by atoms with E-state index in [1.807, 2.05) is 0 Å². The van der Waals surface area contributed by atoms with E-state index in [0.29, 0.717) is 5.56 Å². The molecule has 6 heteroatoms. The predicted molar refractivity (Wildman–Crippen MR) is 55.9 cm³/mol. The van der Waals surface area contributed by atoms with E-state index in [1.54, 1.807) is 12.1 Å². The fourth-order valence-electron chi connectivity index (χ4n) is 1.09. The van der Waals surface area contributed by atoms with Gasteiger partial charge in [0.25, 0.3) is 0 Å². The summed E-state index contributed by atoms with van der Waals surface area (Å²) in [5.74, 6) is -0.271. The summed E-state index contributed by atoms with van der Waals surface area (Å²) in [6.45, 7) is 1.42. The van der Waals surface area contributed by atoms with Crippen molar-refractivity contribution in [3.05, 3.63) is 29.8 Å². The summed E-state index contributed by atoms with van der Waals surface area (Å²) in [4.78, 5) is 10.8. The molecule has 0 saturated carbocycles. The topological polar surface area (TPSA) is 29.1 Å². The maximum absolute atomic E-state index is 12.2. The fraction of sp³-hybridized carbons (Fsp3) is 0.300. The molecule has 0 aliphatic heterocycles. The summed E-state index contributed by atoms with van der Waals surface area (Å²) in [6, 6.07) is 6.11. The van der Waals surface area contributed by atoms with Crippen molar-refractivity contribution in [2.45, 2.75) is 23.9 Å². The van der Waals surface area contributed by atoms with Crippen LogP contribution in [0, 0.1) is 0 Å². The number of halogens is 3. The monoisotopic (exact) mass is 249 g/mol. The first-order valence-electron chi connectivity index (χ1n) is 4.46. The van der Waals surface area contributed by atoms with E-state index in [1.165, 1.54) is 19.1 Å². The van der Waals surface area contributed by atoms with Crippen molar-refractivity contribution in [1.82, 2.24) is 5.32 Å². The molecule has 0 heterocycles. The van der Waals surface area contributed by atoms with Crippen LogP contribution in [0.15, 0.2) is 29.2 Å². The third-order valence-corrected chi connectivity index (χ3v) is 2.58. The first-order chi connectivity index (χ1) is 7.38. The van der Waals surface area contributed by atoms with Crippen molar-refractivity contribution in [2.24, 2.45) is 0 Å². The van der Waals surface area contributed by atoms with E-state index in [4.69, 9.17) is 0 Å². The highest BCUT2D eigenvalue weighted by atomic mass is 32.2. The van der Waals surface area contributed by atoms with Crippen LogP contribution in [-0.4, -0.2) is 11.4 Å². The van der Waals surface area contributed by atoms with E-state index >= 15 is 0 Å². The number of benzene rings is 1. The zero-order valence-corrected chi connectivity index (χ0v) is 9.28. The Kier molecular flexibility index (Phi) is 4.23. The second-order valence-corrected chi connectivity index (χ2v) is 4.17. The van der Waals surface area contributed by atoms with Crippen LogP contribution in [0.4, 0.5) is 13.2 Å². The van der Waals surface area contributed by atoms with E-state index in [0.717, 1.165) is 0 Å². The predicted octanol–water partition coefficient (Wildman–Crippen LogP) is 2.93. The Hall–Kier alpha value is -1.17. The Labute approximate surface area is 95.2 Å². The summed E-state index contributed by atoms with van der Waals surface area (Å²) in [5, 5.41) is 2.47.